The van der Waals surface area contributed by atoms with E-state index in [1.54, 1.807) is 47.6 Å². The van der Waals surface area contributed by atoms with Crippen LogP contribution in [-0.2, 0) is 22.7 Å². The number of hydrogen-bond donors (Lipinski definition) is 1. The van der Waals surface area contributed by atoms with Crippen LogP contribution in [0.3, 0.4) is 0 Å². The van der Waals surface area contributed by atoms with Crippen LogP contribution in [0.1, 0.15) is 16.9 Å². The summed E-state index contributed by atoms with van der Waals surface area (Å²) in [4.78, 5) is 30.7. The van der Waals surface area contributed by atoms with Gasteiger partial charge in [0.15, 0.2) is 5.11 Å². The summed E-state index contributed by atoms with van der Waals surface area (Å²) in [7, 11) is 1.59. The molecule has 0 bridgehead atoms. The minimum absolute atomic E-state index is 0.0155. The maximum absolute atomic E-state index is 13.3. The zero-order valence-corrected chi connectivity index (χ0v) is 19.2. The van der Waals surface area contributed by atoms with E-state index in [1.165, 1.54) is 0 Å². The van der Waals surface area contributed by atoms with E-state index in [4.69, 9.17) is 17.0 Å². The van der Waals surface area contributed by atoms with Gasteiger partial charge in [-0.15, -0.1) is 11.3 Å². The van der Waals surface area contributed by atoms with Gasteiger partial charge in [-0.05, 0) is 53.5 Å². The van der Waals surface area contributed by atoms with Crippen molar-refractivity contribution in [3.8, 4) is 5.75 Å². The van der Waals surface area contributed by atoms with Crippen molar-refractivity contribution in [1.29, 1.82) is 0 Å². The summed E-state index contributed by atoms with van der Waals surface area (Å²) in [5.74, 6) is 0.312. The first-order valence-corrected chi connectivity index (χ1v) is 11.5. The number of benzene rings is 2. The molecule has 2 amide bonds. The zero-order valence-electron chi connectivity index (χ0n) is 17.6. The van der Waals surface area contributed by atoms with E-state index in [-0.39, 0.29) is 18.2 Å². The lowest BCUT2D eigenvalue weighted by molar-refractivity contribution is -0.131. The molecule has 0 spiro atoms. The second-order valence-electron chi connectivity index (χ2n) is 7.40. The van der Waals surface area contributed by atoms with Gasteiger partial charge >= 0.3 is 0 Å². The summed E-state index contributed by atoms with van der Waals surface area (Å²) >= 11 is 7.29. The highest BCUT2D eigenvalue weighted by Gasteiger charge is 2.43. The Labute approximate surface area is 196 Å². The lowest BCUT2D eigenvalue weighted by atomic mass is 10.1. The van der Waals surface area contributed by atoms with Gasteiger partial charge in [-0.2, -0.15) is 0 Å². The molecule has 0 unspecified atom stereocenters. The third kappa shape index (κ3) is 4.98. The van der Waals surface area contributed by atoms with E-state index < -0.39 is 6.04 Å². The molecule has 2 heterocycles. The summed E-state index contributed by atoms with van der Waals surface area (Å²) < 4.78 is 5.15. The van der Waals surface area contributed by atoms with Gasteiger partial charge in [0.2, 0.25) is 5.91 Å². The number of nitrogens with one attached hydrogen (secondary N) is 1. The number of anilines is 1. The van der Waals surface area contributed by atoms with Crippen molar-refractivity contribution < 1.29 is 14.3 Å². The number of amides is 2. The smallest absolute Gasteiger partial charge is 0.252 e. The van der Waals surface area contributed by atoms with E-state index in [1.807, 2.05) is 52.7 Å². The van der Waals surface area contributed by atoms with Gasteiger partial charge in [0.1, 0.15) is 11.8 Å². The zero-order chi connectivity index (χ0) is 22.5. The molecule has 1 atom stereocenters. The molecule has 4 rings (SSSR count). The molecule has 0 radical (unpaired) electrons. The van der Waals surface area contributed by atoms with Gasteiger partial charge in [-0.25, -0.2) is 0 Å². The maximum atomic E-state index is 13.3. The van der Waals surface area contributed by atoms with E-state index in [9.17, 15) is 9.59 Å². The Morgan fingerprint density at radius 1 is 1.06 bits per heavy atom. The van der Waals surface area contributed by atoms with Crippen molar-refractivity contribution in [3.05, 3.63) is 82.6 Å². The molecule has 1 aliphatic rings. The Morgan fingerprint density at radius 3 is 2.47 bits per heavy atom. The van der Waals surface area contributed by atoms with Crippen LogP contribution in [0.15, 0.2) is 72.1 Å². The lowest BCUT2D eigenvalue weighted by Gasteiger charge is -2.23. The second kappa shape index (κ2) is 9.93. The predicted octanol–water partition coefficient (Wildman–Crippen LogP) is 4.28. The highest BCUT2D eigenvalue weighted by molar-refractivity contribution is 7.80. The Bertz CT molecular complexity index is 1090. The average molecular weight is 466 g/mol. The van der Waals surface area contributed by atoms with Gasteiger partial charge in [-0.3, -0.25) is 14.5 Å². The second-order valence-corrected chi connectivity index (χ2v) is 8.79. The summed E-state index contributed by atoms with van der Waals surface area (Å²) in [6.07, 6.45) is 0.0155. The topological polar surface area (TPSA) is 61.9 Å². The predicted molar refractivity (Wildman–Crippen MR) is 129 cm³/mol. The van der Waals surface area contributed by atoms with Gasteiger partial charge in [0, 0.05) is 10.6 Å². The first-order valence-electron chi connectivity index (χ1n) is 10.2. The van der Waals surface area contributed by atoms with Crippen molar-refractivity contribution in [1.82, 2.24) is 9.80 Å². The van der Waals surface area contributed by atoms with E-state index in [0.717, 1.165) is 10.4 Å². The van der Waals surface area contributed by atoms with Crippen LogP contribution in [-0.4, -0.2) is 39.9 Å². The van der Waals surface area contributed by atoms with Crippen LogP contribution in [0.4, 0.5) is 5.69 Å². The number of rotatable bonds is 8. The third-order valence-electron chi connectivity index (χ3n) is 5.25. The fraction of sp³-hybridized carbons (Fsp3) is 0.208. The van der Waals surface area contributed by atoms with Crippen LogP contribution < -0.4 is 10.1 Å². The molecule has 0 aliphatic carbocycles. The van der Waals surface area contributed by atoms with E-state index in [2.05, 4.69) is 5.32 Å². The van der Waals surface area contributed by atoms with Crippen molar-refractivity contribution in [3.63, 3.8) is 0 Å². The Hall–Kier alpha value is -3.23. The first-order chi connectivity index (χ1) is 15.5. The van der Waals surface area contributed by atoms with E-state index in [0.29, 0.717) is 29.6 Å². The average Bonchev–Trinajstić information content (AvgIpc) is 3.39. The van der Waals surface area contributed by atoms with Crippen LogP contribution in [0.5, 0.6) is 5.75 Å². The number of thiophene rings is 1. The molecule has 1 aromatic heterocycles. The SMILES string of the molecule is COc1ccc(NC(=O)C[C@@H]2C(=O)N(Cc3ccccc3)C(=S)N2Cc2cccs2)cc1. The van der Waals surface area contributed by atoms with Crippen LogP contribution >= 0.6 is 23.6 Å². The molecule has 2 aromatic carbocycles. The fourth-order valence-electron chi connectivity index (χ4n) is 3.62. The normalized spacial score (nSPS) is 15.8. The number of hydrogen-bond acceptors (Lipinski definition) is 5. The van der Waals surface area contributed by atoms with Crippen LogP contribution in [0, 0.1) is 0 Å². The molecular formula is C24H23N3O3S2. The van der Waals surface area contributed by atoms with Crippen molar-refractivity contribution in [2.45, 2.75) is 25.6 Å². The highest BCUT2D eigenvalue weighted by Crippen LogP contribution is 2.27. The Kier molecular flexibility index (Phi) is 6.82. The summed E-state index contributed by atoms with van der Waals surface area (Å²) in [5.41, 5.74) is 1.64. The summed E-state index contributed by atoms with van der Waals surface area (Å²) in [5, 5.41) is 5.31. The van der Waals surface area contributed by atoms with Gasteiger partial charge in [-0.1, -0.05) is 36.4 Å². The Balaban J connectivity index is 1.51. The number of methoxy groups -OCH3 is 1. The van der Waals surface area contributed by atoms with Crippen LogP contribution in [0.25, 0.3) is 0 Å². The molecule has 164 valence electrons. The number of nitrogens with zero attached hydrogens (tertiary/aromatic N) is 2. The number of carbonyl (C=O) groups excluding carboxylic acids is 2. The number of ether oxygens (including phenoxy) is 1. The molecule has 1 saturated heterocycles. The van der Waals surface area contributed by atoms with E-state index >= 15 is 0 Å². The molecular weight excluding hydrogens is 442 g/mol. The van der Waals surface area contributed by atoms with Crippen molar-refractivity contribution in [2.24, 2.45) is 0 Å². The number of carbonyl (C=O) groups is 2. The van der Waals surface area contributed by atoms with Crippen molar-refractivity contribution in [2.75, 3.05) is 12.4 Å². The molecule has 1 fully saturated rings. The highest BCUT2D eigenvalue weighted by atomic mass is 32.1. The molecule has 32 heavy (non-hydrogen) atoms. The van der Waals surface area contributed by atoms with Gasteiger partial charge in [0.05, 0.1) is 26.6 Å². The molecule has 6 nitrogen and oxygen atoms in total. The third-order valence-corrected chi connectivity index (χ3v) is 6.56. The van der Waals surface area contributed by atoms with Gasteiger partial charge in [0.25, 0.3) is 5.91 Å². The largest absolute Gasteiger partial charge is 0.497 e. The fourth-order valence-corrected chi connectivity index (χ4v) is 4.66. The Morgan fingerprint density at radius 2 is 1.81 bits per heavy atom. The minimum atomic E-state index is -0.647. The molecule has 8 heteroatoms. The quantitative estimate of drug-likeness (QED) is 0.503. The standard InChI is InChI=1S/C24H23N3O3S2/c1-30-19-11-9-18(10-12-19)25-22(28)14-21-23(29)27(15-17-6-3-2-4-7-17)24(31)26(21)16-20-8-5-13-32-20/h2-13,21H,14-16H2,1H3,(H,25,28)/t21-/m1/s1. The molecule has 1 N–H and O–H groups in total. The monoisotopic (exact) mass is 465 g/mol. The molecule has 1 aliphatic heterocycles. The van der Waals surface area contributed by atoms with Gasteiger partial charge < -0.3 is 15.0 Å². The lowest BCUT2D eigenvalue weighted by Crippen LogP contribution is -2.37. The number of thiocarbonyl (C=S) groups is 1. The maximum Gasteiger partial charge on any atom is 0.252 e. The van der Waals surface area contributed by atoms with Crippen molar-refractivity contribution >= 4 is 46.2 Å². The summed E-state index contributed by atoms with van der Waals surface area (Å²) in [6.45, 7) is 0.879. The minimum Gasteiger partial charge on any atom is -0.497 e. The summed E-state index contributed by atoms with van der Waals surface area (Å²) in [6, 6.07) is 20.1. The molecule has 0 saturated carbocycles. The van der Waals surface area contributed by atoms with Crippen LogP contribution in [0.2, 0.25) is 0 Å². The molecule has 3 aromatic rings. The first kappa shape index (κ1) is 22.0.